The number of esters is 1. The Bertz CT molecular complexity index is 1150. The van der Waals surface area contributed by atoms with Crippen LogP contribution in [0, 0.1) is 6.92 Å². The molecule has 2 aromatic carbocycles. The van der Waals surface area contributed by atoms with Gasteiger partial charge in [-0.1, -0.05) is 30.3 Å². The molecule has 0 amide bonds. The first kappa shape index (κ1) is 17.1. The Kier molecular flexibility index (Phi) is 4.28. The lowest BCUT2D eigenvalue weighted by Crippen LogP contribution is -2.25. The molecule has 2 heterocycles. The van der Waals surface area contributed by atoms with Gasteiger partial charge < -0.3 is 14.1 Å². The number of ketones is 1. The molecule has 1 N–H and O–H groups in total. The third kappa shape index (κ3) is 3.24. The molecule has 0 saturated carbocycles. The first-order valence-corrected chi connectivity index (χ1v) is 8.79. The number of hydrogen-bond donors (Lipinski definition) is 1. The van der Waals surface area contributed by atoms with Gasteiger partial charge >= 0.3 is 5.97 Å². The van der Waals surface area contributed by atoms with Crippen LogP contribution in [0.3, 0.4) is 0 Å². The highest BCUT2D eigenvalue weighted by Gasteiger charge is 2.23. The second-order valence-electron chi connectivity index (χ2n) is 6.68. The van der Waals surface area contributed by atoms with Crippen LogP contribution in [0.2, 0.25) is 0 Å². The number of H-pyrrole nitrogens is 1. The van der Waals surface area contributed by atoms with Crippen molar-refractivity contribution in [2.45, 2.75) is 26.4 Å². The van der Waals surface area contributed by atoms with Gasteiger partial charge in [-0.2, -0.15) is 0 Å². The fourth-order valence-corrected chi connectivity index (χ4v) is 3.27. The lowest BCUT2D eigenvalue weighted by Gasteiger charge is -2.11. The molecule has 0 fully saturated rings. The average Bonchev–Trinajstić information content (AvgIpc) is 3.25. The molecule has 4 rings (SSSR count). The smallest absolute Gasteiger partial charge is 0.311 e. The van der Waals surface area contributed by atoms with Crippen molar-refractivity contribution in [3.8, 4) is 0 Å². The Morgan fingerprint density at radius 2 is 1.96 bits per heavy atom. The number of ether oxygens (including phenoxy) is 1. The van der Waals surface area contributed by atoms with Gasteiger partial charge in [0.25, 0.3) is 0 Å². The quantitative estimate of drug-likeness (QED) is 0.417. The lowest BCUT2D eigenvalue weighted by atomic mass is 10.1. The molecule has 0 spiro atoms. The van der Waals surface area contributed by atoms with Crippen molar-refractivity contribution in [3.05, 3.63) is 71.6 Å². The van der Waals surface area contributed by atoms with Gasteiger partial charge in [-0.05, 0) is 31.5 Å². The molecule has 0 radical (unpaired) electrons. The fourth-order valence-electron chi connectivity index (χ4n) is 3.27. The van der Waals surface area contributed by atoms with Crippen molar-refractivity contribution >= 4 is 33.6 Å². The third-order valence-corrected chi connectivity index (χ3v) is 4.68. The Hall–Kier alpha value is -3.34. The maximum atomic E-state index is 12.7. The molecule has 4 aromatic rings. The zero-order valence-electron chi connectivity index (χ0n) is 15.1. The van der Waals surface area contributed by atoms with E-state index in [-0.39, 0.29) is 12.2 Å². The van der Waals surface area contributed by atoms with E-state index in [0.29, 0.717) is 5.56 Å². The van der Waals surface area contributed by atoms with E-state index in [9.17, 15) is 9.59 Å². The summed E-state index contributed by atoms with van der Waals surface area (Å²) < 4.78 is 10.9. The number of aromatic nitrogens is 1. The summed E-state index contributed by atoms with van der Waals surface area (Å²) in [5, 5.41) is 1.70. The average molecular weight is 361 g/mol. The summed E-state index contributed by atoms with van der Waals surface area (Å²) in [6, 6.07) is 13.4. The van der Waals surface area contributed by atoms with Crippen molar-refractivity contribution < 1.29 is 18.7 Å². The van der Waals surface area contributed by atoms with Gasteiger partial charge in [0.15, 0.2) is 6.10 Å². The van der Waals surface area contributed by atoms with Crippen LogP contribution in [-0.4, -0.2) is 22.8 Å². The van der Waals surface area contributed by atoms with Crippen LogP contribution in [0.1, 0.15) is 28.4 Å². The van der Waals surface area contributed by atoms with E-state index in [1.807, 2.05) is 49.4 Å². The van der Waals surface area contributed by atoms with E-state index in [2.05, 4.69) is 4.98 Å². The second-order valence-corrected chi connectivity index (χ2v) is 6.68. The molecule has 1 atom stereocenters. The summed E-state index contributed by atoms with van der Waals surface area (Å²) in [6.45, 7) is 3.58. The number of carbonyl (C=O) groups is 2. The number of para-hydroxylation sites is 1. The third-order valence-electron chi connectivity index (χ3n) is 4.68. The first-order valence-electron chi connectivity index (χ1n) is 8.79. The maximum Gasteiger partial charge on any atom is 0.311 e. The van der Waals surface area contributed by atoms with Gasteiger partial charge in [-0.3, -0.25) is 9.59 Å². The van der Waals surface area contributed by atoms with E-state index in [1.54, 1.807) is 19.4 Å². The van der Waals surface area contributed by atoms with E-state index in [0.717, 1.165) is 33.0 Å². The van der Waals surface area contributed by atoms with Crippen LogP contribution in [0.4, 0.5) is 0 Å². The summed E-state index contributed by atoms with van der Waals surface area (Å²) in [4.78, 5) is 28.1. The van der Waals surface area contributed by atoms with Crippen molar-refractivity contribution in [3.63, 3.8) is 0 Å². The summed E-state index contributed by atoms with van der Waals surface area (Å²) in [7, 11) is 0. The fraction of sp³-hybridized carbons (Fsp3) is 0.182. The standard InChI is InChI=1S/C22H19NO4/c1-13-7-8-16-15(12-26-20(16)9-13)10-21(24)27-14(2)22(25)18-11-23-19-6-4-3-5-17(18)19/h3-9,11-12,14,23H,10H2,1-2H3/t14-/m1/s1. The van der Waals surface area contributed by atoms with E-state index < -0.39 is 12.1 Å². The molecule has 0 unspecified atom stereocenters. The van der Waals surface area contributed by atoms with Gasteiger partial charge in [-0.25, -0.2) is 0 Å². The molecule has 0 aliphatic carbocycles. The molecule has 2 aromatic heterocycles. The molecule has 0 aliphatic rings. The minimum Gasteiger partial charge on any atom is -0.464 e. The monoisotopic (exact) mass is 361 g/mol. The zero-order chi connectivity index (χ0) is 19.0. The van der Waals surface area contributed by atoms with E-state index in [1.165, 1.54) is 0 Å². The number of Topliss-reactive ketones (excluding diaryl/α,β-unsaturated/α-hetero) is 1. The van der Waals surface area contributed by atoms with Gasteiger partial charge in [0.05, 0.1) is 12.7 Å². The highest BCUT2D eigenvalue weighted by Crippen LogP contribution is 2.24. The molecular formula is C22H19NO4. The topological polar surface area (TPSA) is 72.3 Å². The lowest BCUT2D eigenvalue weighted by molar-refractivity contribution is -0.145. The predicted molar refractivity (Wildman–Crippen MR) is 103 cm³/mol. The summed E-state index contributed by atoms with van der Waals surface area (Å²) in [5.74, 6) is -0.688. The van der Waals surface area contributed by atoms with E-state index >= 15 is 0 Å². The highest BCUT2D eigenvalue weighted by atomic mass is 16.5. The molecule has 136 valence electrons. The van der Waals surface area contributed by atoms with Crippen LogP contribution in [0.5, 0.6) is 0 Å². The number of benzene rings is 2. The van der Waals surface area contributed by atoms with Crippen LogP contribution in [-0.2, 0) is 16.0 Å². The summed E-state index contributed by atoms with van der Waals surface area (Å²) in [5.41, 5.74) is 3.97. The number of hydrogen-bond acceptors (Lipinski definition) is 4. The summed E-state index contributed by atoms with van der Waals surface area (Å²) >= 11 is 0. The van der Waals surface area contributed by atoms with Gasteiger partial charge in [0.1, 0.15) is 5.58 Å². The number of aryl methyl sites for hydroxylation is 1. The largest absolute Gasteiger partial charge is 0.464 e. The number of nitrogens with one attached hydrogen (secondary N) is 1. The molecule has 0 saturated heterocycles. The van der Waals surface area contributed by atoms with Gasteiger partial charge in [-0.15, -0.1) is 0 Å². The Balaban J connectivity index is 1.48. The van der Waals surface area contributed by atoms with Crippen molar-refractivity contribution in [2.75, 3.05) is 0 Å². The molecular weight excluding hydrogens is 342 g/mol. The van der Waals surface area contributed by atoms with Crippen molar-refractivity contribution in [1.82, 2.24) is 4.98 Å². The summed E-state index contributed by atoms with van der Waals surface area (Å²) in [6.07, 6.45) is 2.42. The van der Waals surface area contributed by atoms with Gasteiger partial charge in [0, 0.05) is 33.6 Å². The molecule has 0 bridgehead atoms. The number of rotatable bonds is 5. The maximum absolute atomic E-state index is 12.7. The number of furan rings is 1. The number of carbonyl (C=O) groups excluding carboxylic acids is 2. The SMILES string of the molecule is Cc1ccc2c(CC(=O)O[C@H](C)C(=O)c3c[nH]c4ccccc34)coc2c1. The number of aromatic amines is 1. The van der Waals surface area contributed by atoms with Crippen LogP contribution in [0.25, 0.3) is 21.9 Å². The molecule has 0 aliphatic heterocycles. The molecule has 5 heteroatoms. The molecule has 27 heavy (non-hydrogen) atoms. The first-order chi connectivity index (χ1) is 13.0. The number of fused-ring (bicyclic) bond motifs is 2. The van der Waals surface area contributed by atoms with Crippen LogP contribution >= 0.6 is 0 Å². The predicted octanol–water partition coefficient (Wildman–Crippen LogP) is 4.58. The van der Waals surface area contributed by atoms with Crippen molar-refractivity contribution in [1.29, 1.82) is 0 Å². The Labute approximate surface area is 155 Å². The minimum atomic E-state index is -0.864. The Morgan fingerprint density at radius 1 is 1.15 bits per heavy atom. The minimum absolute atomic E-state index is 0.0571. The Morgan fingerprint density at radius 3 is 2.81 bits per heavy atom. The van der Waals surface area contributed by atoms with Crippen LogP contribution < -0.4 is 0 Å². The van der Waals surface area contributed by atoms with Gasteiger partial charge in [0.2, 0.25) is 5.78 Å². The zero-order valence-corrected chi connectivity index (χ0v) is 15.1. The van der Waals surface area contributed by atoms with E-state index in [4.69, 9.17) is 9.15 Å². The normalized spacial score (nSPS) is 12.4. The van der Waals surface area contributed by atoms with Crippen molar-refractivity contribution in [2.24, 2.45) is 0 Å². The van der Waals surface area contributed by atoms with Crippen LogP contribution in [0.15, 0.2) is 59.3 Å². The highest BCUT2D eigenvalue weighted by molar-refractivity contribution is 6.10. The molecule has 5 nitrogen and oxygen atoms in total. The second kappa shape index (κ2) is 6.76.